The molecular weight excluding hydrogens is 330 g/mol. The summed E-state index contributed by atoms with van der Waals surface area (Å²) in [4.78, 5) is 4.35. The lowest BCUT2D eigenvalue weighted by Crippen LogP contribution is -2.28. The standard InChI is InChI=1S/C12H18BrN3O2S/c1-3-4-14-12-11(6-9(13)7-15-12)19(17,18)16-10-5-8(10)2/h6-8,10,16H,3-5H2,1-2H3,(H,14,15). The molecule has 1 aromatic rings. The molecule has 5 nitrogen and oxygen atoms in total. The van der Waals surface area contributed by atoms with Crippen LogP contribution in [-0.4, -0.2) is 26.0 Å². The lowest BCUT2D eigenvalue weighted by atomic mass is 10.4. The number of nitrogens with zero attached hydrogens (tertiary/aromatic N) is 1. The minimum atomic E-state index is -3.52. The largest absolute Gasteiger partial charge is 0.369 e. The monoisotopic (exact) mass is 347 g/mol. The third kappa shape index (κ3) is 3.67. The molecule has 1 aliphatic rings. The molecule has 7 heteroatoms. The van der Waals surface area contributed by atoms with Gasteiger partial charge in [0.1, 0.15) is 10.7 Å². The summed E-state index contributed by atoms with van der Waals surface area (Å²) in [5.74, 6) is 0.827. The van der Waals surface area contributed by atoms with Crippen LogP contribution in [0.1, 0.15) is 26.7 Å². The molecule has 2 rings (SSSR count). The molecule has 0 aromatic carbocycles. The lowest BCUT2D eigenvalue weighted by molar-refractivity contribution is 0.578. The van der Waals surface area contributed by atoms with Crippen molar-refractivity contribution in [3.8, 4) is 0 Å². The van der Waals surface area contributed by atoms with Crippen molar-refractivity contribution in [1.82, 2.24) is 9.71 Å². The highest BCUT2D eigenvalue weighted by atomic mass is 79.9. The first-order chi connectivity index (χ1) is 8.94. The average molecular weight is 348 g/mol. The van der Waals surface area contributed by atoms with Gasteiger partial charge in [0.25, 0.3) is 0 Å². The first-order valence-corrected chi connectivity index (χ1v) is 8.63. The highest BCUT2D eigenvalue weighted by Crippen LogP contribution is 2.32. The van der Waals surface area contributed by atoms with Crippen molar-refractivity contribution in [3.63, 3.8) is 0 Å². The van der Waals surface area contributed by atoms with Crippen LogP contribution in [-0.2, 0) is 10.0 Å². The molecule has 1 saturated carbocycles. The molecule has 19 heavy (non-hydrogen) atoms. The van der Waals surface area contributed by atoms with Gasteiger partial charge < -0.3 is 5.32 Å². The highest BCUT2D eigenvalue weighted by molar-refractivity contribution is 9.10. The van der Waals surface area contributed by atoms with E-state index in [0.29, 0.717) is 22.8 Å². The number of anilines is 1. The van der Waals surface area contributed by atoms with E-state index in [-0.39, 0.29) is 10.9 Å². The molecule has 0 radical (unpaired) electrons. The third-order valence-corrected chi connectivity index (χ3v) is 5.00. The molecule has 1 aliphatic carbocycles. The summed E-state index contributed by atoms with van der Waals surface area (Å²) in [6, 6.07) is 1.64. The Kier molecular flexibility index (Phi) is 4.47. The Labute approximate surface area is 122 Å². The fraction of sp³-hybridized carbons (Fsp3) is 0.583. The first-order valence-electron chi connectivity index (χ1n) is 6.35. The van der Waals surface area contributed by atoms with Crippen molar-refractivity contribution < 1.29 is 8.42 Å². The predicted octanol–water partition coefficient (Wildman–Crippen LogP) is 2.35. The van der Waals surface area contributed by atoms with Gasteiger partial charge in [-0.25, -0.2) is 18.1 Å². The summed E-state index contributed by atoms with van der Waals surface area (Å²) in [7, 11) is -3.52. The van der Waals surface area contributed by atoms with Crippen molar-refractivity contribution in [2.75, 3.05) is 11.9 Å². The maximum Gasteiger partial charge on any atom is 0.244 e. The summed E-state index contributed by atoms with van der Waals surface area (Å²) >= 11 is 3.27. The van der Waals surface area contributed by atoms with E-state index in [1.54, 1.807) is 12.3 Å². The zero-order valence-corrected chi connectivity index (χ0v) is 13.4. The molecule has 2 N–H and O–H groups in total. The lowest BCUT2D eigenvalue weighted by Gasteiger charge is -2.12. The van der Waals surface area contributed by atoms with E-state index in [1.807, 2.05) is 13.8 Å². The Bertz CT molecular complexity index is 562. The second kappa shape index (κ2) is 5.76. The van der Waals surface area contributed by atoms with Crippen molar-refractivity contribution in [2.45, 2.75) is 37.6 Å². The molecule has 1 heterocycles. The number of sulfonamides is 1. The van der Waals surface area contributed by atoms with Gasteiger partial charge in [-0.05, 0) is 40.8 Å². The van der Waals surface area contributed by atoms with E-state index in [9.17, 15) is 8.42 Å². The van der Waals surface area contributed by atoms with Crippen molar-refractivity contribution in [2.24, 2.45) is 5.92 Å². The van der Waals surface area contributed by atoms with Gasteiger partial charge >= 0.3 is 0 Å². The molecule has 0 saturated heterocycles. The van der Waals surface area contributed by atoms with Gasteiger partial charge in [0.05, 0.1) is 0 Å². The van der Waals surface area contributed by atoms with E-state index in [4.69, 9.17) is 0 Å². The quantitative estimate of drug-likeness (QED) is 0.828. The molecule has 0 bridgehead atoms. The Hall–Kier alpha value is -0.660. The maximum absolute atomic E-state index is 12.4. The SMILES string of the molecule is CCCNc1ncc(Br)cc1S(=O)(=O)NC1CC1C. The number of rotatable bonds is 6. The minimum absolute atomic E-state index is 0.0583. The minimum Gasteiger partial charge on any atom is -0.369 e. The van der Waals surface area contributed by atoms with Gasteiger partial charge in [0.15, 0.2) is 0 Å². The molecule has 0 amide bonds. The van der Waals surface area contributed by atoms with Crippen LogP contribution in [0.25, 0.3) is 0 Å². The van der Waals surface area contributed by atoms with E-state index >= 15 is 0 Å². The molecule has 1 fully saturated rings. The summed E-state index contributed by atoms with van der Waals surface area (Å²) in [5.41, 5.74) is 0. The predicted molar refractivity (Wildman–Crippen MR) is 78.6 cm³/mol. The number of nitrogens with one attached hydrogen (secondary N) is 2. The summed E-state index contributed by atoms with van der Waals surface area (Å²) in [5, 5.41) is 3.05. The zero-order valence-electron chi connectivity index (χ0n) is 11.0. The van der Waals surface area contributed by atoms with Crippen molar-refractivity contribution in [1.29, 1.82) is 0 Å². The number of hydrogen-bond donors (Lipinski definition) is 2. The molecule has 2 atom stereocenters. The summed E-state index contributed by atoms with van der Waals surface area (Å²) in [6.45, 7) is 4.74. The van der Waals surface area contributed by atoms with E-state index in [1.165, 1.54) is 0 Å². The Morgan fingerprint density at radius 2 is 2.21 bits per heavy atom. The smallest absolute Gasteiger partial charge is 0.244 e. The van der Waals surface area contributed by atoms with Gasteiger partial charge in [-0.2, -0.15) is 0 Å². The van der Waals surface area contributed by atoms with Gasteiger partial charge in [-0.3, -0.25) is 0 Å². The van der Waals surface area contributed by atoms with Gasteiger partial charge in [0, 0.05) is 23.3 Å². The van der Waals surface area contributed by atoms with E-state index < -0.39 is 10.0 Å². The fourth-order valence-electron chi connectivity index (χ4n) is 1.75. The van der Waals surface area contributed by atoms with E-state index in [0.717, 1.165) is 12.8 Å². The number of hydrogen-bond acceptors (Lipinski definition) is 4. The van der Waals surface area contributed by atoms with Crippen LogP contribution in [0.4, 0.5) is 5.82 Å². The molecular formula is C12H18BrN3O2S. The Morgan fingerprint density at radius 1 is 1.53 bits per heavy atom. The van der Waals surface area contributed by atoms with Crippen LogP contribution in [0.15, 0.2) is 21.6 Å². The Balaban J connectivity index is 2.27. The molecule has 1 aromatic heterocycles. The van der Waals surface area contributed by atoms with Crippen LogP contribution in [0, 0.1) is 5.92 Å². The first kappa shape index (κ1) is 14.7. The normalized spacial score (nSPS) is 22.3. The van der Waals surface area contributed by atoms with Crippen LogP contribution < -0.4 is 10.0 Å². The maximum atomic E-state index is 12.4. The second-order valence-electron chi connectivity index (χ2n) is 4.87. The Morgan fingerprint density at radius 3 is 2.79 bits per heavy atom. The second-order valence-corrected chi connectivity index (χ2v) is 7.47. The topological polar surface area (TPSA) is 71.1 Å². The fourth-order valence-corrected chi connectivity index (χ4v) is 3.75. The summed E-state index contributed by atoms with van der Waals surface area (Å²) < 4.78 is 28.1. The van der Waals surface area contributed by atoms with Gasteiger partial charge in [0.2, 0.25) is 10.0 Å². The molecule has 0 aliphatic heterocycles. The van der Waals surface area contributed by atoms with Crippen molar-refractivity contribution >= 4 is 31.8 Å². The van der Waals surface area contributed by atoms with Crippen LogP contribution in [0.2, 0.25) is 0 Å². The van der Waals surface area contributed by atoms with Crippen LogP contribution in [0.3, 0.4) is 0 Å². The molecule has 2 unspecified atom stereocenters. The van der Waals surface area contributed by atoms with E-state index in [2.05, 4.69) is 31.0 Å². The number of halogens is 1. The zero-order chi connectivity index (χ0) is 14.0. The van der Waals surface area contributed by atoms with Gasteiger partial charge in [-0.15, -0.1) is 0 Å². The number of aromatic nitrogens is 1. The van der Waals surface area contributed by atoms with Crippen LogP contribution >= 0.6 is 15.9 Å². The van der Waals surface area contributed by atoms with Gasteiger partial charge in [-0.1, -0.05) is 13.8 Å². The molecule has 106 valence electrons. The third-order valence-electron chi connectivity index (χ3n) is 3.07. The van der Waals surface area contributed by atoms with Crippen molar-refractivity contribution in [3.05, 3.63) is 16.7 Å². The molecule has 0 spiro atoms. The van der Waals surface area contributed by atoms with Crippen LogP contribution in [0.5, 0.6) is 0 Å². The number of pyridine rings is 1. The summed E-state index contributed by atoms with van der Waals surface area (Å²) in [6.07, 6.45) is 3.40. The average Bonchev–Trinajstić information content (AvgIpc) is 3.02. The highest BCUT2D eigenvalue weighted by Gasteiger charge is 2.37.